The second kappa shape index (κ2) is 13.5. The lowest BCUT2D eigenvalue weighted by molar-refractivity contribution is -0.141. The minimum absolute atomic E-state index is 0.173. The molecule has 0 saturated heterocycles. The molecule has 0 radical (unpaired) electrons. The number of carbonyl (C=O) groups is 1. The van der Waals surface area contributed by atoms with Crippen LogP contribution in [0.1, 0.15) is 71.1 Å². The van der Waals surface area contributed by atoms with Gasteiger partial charge in [-0.3, -0.25) is 4.79 Å². The van der Waals surface area contributed by atoms with Crippen molar-refractivity contribution in [3.8, 4) is 0 Å². The second-order valence-corrected chi connectivity index (χ2v) is 4.60. The smallest absolute Gasteiger partial charge is 0.302 e. The standard InChI is InChI=1S/C14H28O3/c1-14(16)17-13-11-9-7-5-3-2-4-6-8-10-12-15/h15H,2-13H2,1H3. The van der Waals surface area contributed by atoms with Crippen molar-refractivity contribution in [2.45, 2.75) is 71.1 Å². The van der Waals surface area contributed by atoms with Gasteiger partial charge in [0.25, 0.3) is 0 Å². The number of hydrogen-bond donors (Lipinski definition) is 1. The van der Waals surface area contributed by atoms with E-state index in [4.69, 9.17) is 9.84 Å². The molecule has 0 rings (SSSR count). The van der Waals surface area contributed by atoms with Crippen LogP contribution in [0.4, 0.5) is 0 Å². The van der Waals surface area contributed by atoms with E-state index in [-0.39, 0.29) is 5.97 Å². The maximum atomic E-state index is 10.5. The lowest BCUT2D eigenvalue weighted by Gasteiger charge is -2.03. The predicted octanol–water partition coefficient (Wildman–Crippen LogP) is 3.44. The third-order valence-electron chi connectivity index (χ3n) is 2.86. The van der Waals surface area contributed by atoms with Gasteiger partial charge in [-0.1, -0.05) is 51.4 Å². The van der Waals surface area contributed by atoms with Gasteiger partial charge in [0, 0.05) is 13.5 Å². The van der Waals surface area contributed by atoms with Gasteiger partial charge in [0.1, 0.15) is 0 Å². The van der Waals surface area contributed by atoms with Crippen molar-refractivity contribution >= 4 is 5.97 Å². The highest BCUT2D eigenvalue weighted by atomic mass is 16.5. The molecule has 0 aliphatic rings. The monoisotopic (exact) mass is 244 g/mol. The molecule has 0 heterocycles. The summed E-state index contributed by atoms with van der Waals surface area (Å²) in [6.07, 6.45) is 12.0. The first-order valence-corrected chi connectivity index (χ1v) is 7.01. The molecule has 3 nitrogen and oxygen atoms in total. The van der Waals surface area contributed by atoms with E-state index in [2.05, 4.69) is 0 Å². The summed E-state index contributed by atoms with van der Waals surface area (Å²) < 4.78 is 4.87. The molecule has 0 fully saturated rings. The first kappa shape index (κ1) is 16.4. The molecule has 0 atom stereocenters. The van der Waals surface area contributed by atoms with Crippen molar-refractivity contribution < 1.29 is 14.6 Å². The van der Waals surface area contributed by atoms with Crippen LogP contribution >= 0.6 is 0 Å². The molecular weight excluding hydrogens is 216 g/mol. The third kappa shape index (κ3) is 15.4. The predicted molar refractivity (Wildman–Crippen MR) is 69.9 cm³/mol. The van der Waals surface area contributed by atoms with Gasteiger partial charge in [-0.15, -0.1) is 0 Å². The fraction of sp³-hybridized carbons (Fsp3) is 0.929. The molecule has 0 spiro atoms. The summed E-state index contributed by atoms with van der Waals surface area (Å²) in [6.45, 7) is 2.37. The normalized spacial score (nSPS) is 10.5. The van der Waals surface area contributed by atoms with Gasteiger partial charge in [0.05, 0.1) is 6.61 Å². The molecule has 102 valence electrons. The fourth-order valence-electron chi connectivity index (χ4n) is 1.84. The van der Waals surface area contributed by atoms with Crippen molar-refractivity contribution in [1.29, 1.82) is 0 Å². The van der Waals surface area contributed by atoms with Crippen LogP contribution in [0.25, 0.3) is 0 Å². The Labute approximate surface area is 106 Å². The highest BCUT2D eigenvalue weighted by Crippen LogP contribution is 2.10. The second-order valence-electron chi connectivity index (χ2n) is 4.60. The van der Waals surface area contributed by atoms with Crippen molar-refractivity contribution in [2.24, 2.45) is 0 Å². The van der Waals surface area contributed by atoms with E-state index in [9.17, 15) is 4.79 Å². The fourth-order valence-corrected chi connectivity index (χ4v) is 1.84. The number of esters is 1. The van der Waals surface area contributed by atoms with E-state index in [0.29, 0.717) is 13.2 Å². The average molecular weight is 244 g/mol. The van der Waals surface area contributed by atoms with Gasteiger partial charge in [0.2, 0.25) is 0 Å². The number of aliphatic hydroxyl groups excluding tert-OH is 1. The first-order chi connectivity index (χ1) is 8.27. The molecule has 1 N–H and O–H groups in total. The Morgan fingerprint density at radius 2 is 1.24 bits per heavy atom. The highest BCUT2D eigenvalue weighted by Gasteiger charge is 1.94. The van der Waals surface area contributed by atoms with E-state index in [0.717, 1.165) is 19.3 Å². The Morgan fingerprint density at radius 1 is 0.824 bits per heavy atom. The van der Waals surface area contributed by atoms with Crippen molar-refractivity contribution in [1.82, 2.24) is 0 Å². The van der Waals surface area contributed by atoms with Crippen LogP contribution in [-0.4, -0.2) is 24.3 Å². The zero-order valence-corrected chi connectivity index (χ0v) is 11.2. The molecule has 0 amide bonds. The van der Waals surface area contributed by atoms with E-state index < -0.39 is 0 Å². The van der Waals surface area contributed by atoms with Gasteiger partial charge < -0.3 is 9.84 Å². The number of hydrogen-bond acceptors (Lipinski definition) is 3. The molecule has 0 aliphatic heterocycles. The van der Waals surface area contributed by atoms with Crippen molar-refractivity contribution in [3.63, 3.8) is 0 Å². The SMILES string of the molecule is CC(=O)OCCCCCCCCCCCCO. The molecule has 17 heavy (non-hydrogen) atoms. The topological polar surface area (TPSA) is 46.5 Å². The molecule has 0 aromatic heterocycles. The summed E-state index contributed by atoms with van der Waals surface area (Å²) in [7, 11) is 0. The summed E-state index contributed by atoms with van der Waals surface area (Å²) >= 11 is 0. The molecular formula is C14H28O3. The maximum absolute atomic E-state index is 10.5. The Morgan fingerprint density at radius 3 is 1.65 bits per heavy atom. The molecule has 0 saturated carbocycles. The summed E-state index contributed by atoms with van der Waals surface area (Å²) in [5, 5.41) is 8.61. The van der Waals surface area contributed by atoms with Crippen molar-refractivity contribution in [2.75, 3.05) is 13.2 Å². The Bertz CT molecular complexity index is 169. The molecule has 3 heteroatoms. The maximum Gasteiger partial charge on any atom is 0.302 e. The van der Waals surface area contributed by atoms with E-state index in [1.807, 2.05) is 0 Å². The first-order valence-electron chi connectivity index (χ1n) is 7.01. The number of ether oxygens (including phenoxy) is 1. The average Bonchev–Trinajstić information content (AvgIpc) is 2.30. The quantitative estimate of drug-likeness (QED) is 0.422. The number of rotatable bonds is 12. The molecule has 0 bridgehead atoms. The van der Waals surface area contributed by atoms with Crippen LogP contribution < -0.4 is 0 Å². The molecule has 0 aromatic carbocycles. The summed E-state index contributed by atoms with van der Waals surface area (Å²) in [5.41, 5.74) is 0. The van der Waals surface area contributed by atoms with E-state index in [1.165, 1.54) is 51.9 Å². The molecule has 0 unspecified atom stereocenters. The zero-order valence-electron chi connectivity index (χ0n) is 11.2. The lowest BCUT2D eigenvalue weighted by atomic mass is 10.1. The number of carbonyl (C=O) groups excluding carboxylic acids is 1. The van der Waals surface area contributed by atoms with Gasteiger partial charge in [-0.2, -0.15) is 0 Å². The minimum Gasteiger partial charge on any atom is -0.466 e. The lowest BCUT2D eigenvalue weighted by Crippen LogP contribution is -2.00. The third-order valence-corrected chi connectivity index (χ3v) is 2.86. The Kier molecular flexibility index (Phi) is 13.0. The number of unbranched alkanes of at least 4 members (excludes halogenated alkanes) is 9. The van der Waals surface area contributed by atoms with Crippen LogP contribution in [-0.2, 0) is 9.53 Å². The number of aliphatic hydroxyl groups is 1. The van der Waals surface area contributed by atoms with Gasteiger partial charge in [-0.25, -0.2) is 0 Å². The summed E-state index contributed by atoms with van der Waals surface area (Å²) in [5.74, 6) is -0.173. The van der Waals surface area contributed by atoms with Crippen LogP contribution in [0.15, 0.2) is 0 Å². The van der Waals surface area contributed by atoms with Crippen LogP contribution in [0, 0.1) is 0 Å². The minimum atomic E-state index is -0.173. The van der Waals surface area contributed by atoms with Crippen molar-refractivity contribution in [3.05, 3.63) is 0 Å². The van der Waals surface area contributed by atoms with Gasteiger partial charge >= 0.3 is 5.97 Å². The van der Waals surface area contributed by atoms with Crippen LogP contribution in [0.5, 0.6) is 0 Å². The highest BCUT2D eigenvalue weighted by molar-refractivity contribution is 5.65. The summed E-state index contributed by atoms with van der Waals surface area (Å²) in [4.78, 5) is 10.5. The zero-order chi connectivity index (χ0) is 12.8. The summed E-state index contributed by atoms with van der Waals surface area (Å²) in [6, 6.07) is 0. The molecule has 0 aromatic rings. The van der Waals surface area contributed by atoms with Crippen LogP contribution in [0.3, 0.4) is 0 Å². The van der Waals surface area contributed by atoms with Crippen LogP contribution in [0.2, 0.25) is 0 Å². The van der Waals surface area contributed by atoms with Gasteiger partial charge in [-0.05, 0) is 12.8 Å². The Hall–Kier alpha value is -0.570. The van der Waals surface area contributed by atoms with Gasteiger partial charge in [0.15, 0.2) is 0 Å². The van der Waals surface area contributed by atoms with E-state index in [1.54, 1.807) is 0 Å². The Balaban J connectivity index is 2.91. The largest absolute Gasteiger partial charge is 0.466 e. The van der Waals surface area contributed by atoms with E-state index >= 15 is 0 Å². The molecule has 0 aliphatic carbocycles.